The lowest BCUT2D eigenvalue weighted by atomic mass is 10.1. The number of halogens is 1. The van der Waals surface area contributed by atoms with Gasteiger partial charge < -0.3 is 10.1 Å². The third-order valence-electron chi connectivity index (χ3n) is 6.41. The maximum Gasteiger partial charge on any atom is 0.259 e. The summed E-state index contributed by atoms with van der Waals surface area (Å²) >= 11 is 0. The van der Waals surface area contributed by atoms with E-state index in [9.17, 15) is 17.6 Å². The number of rotatable bonds is 6. The van der Waals surface area contributed by atoms with Crippen molar-refractivity contribution in [3.63, 3.8) is 0 Å². The second-order valence-electron chi connectivity index (χ2n) is 9.13. The lowest BCUT2D eigenvalue weighted by molar-refractivity contribution is 0.0730. The smallest absolute Gasteiger partial charge is 0.259 e. The van der Waals surface area contributed by atoms with E-state index in [1.807, 2.05) is 31.2 Å². The van der Waals surface area contributed by atoms with Gasteiger partial charge in [-0.25, -0.2) is 17.5 Å². The van der Waals surface area contributed by atoms with E-state index in [2.05, 4.69) is 10.4 Å². The number of nitrogens with one attached hydrogen (secondary N) is 1. The Hall–Kier alpha value is -3.86. The first-order valence-electron chi connectivity index (χ1n) is 12.1. The zero-order valence-electron chi connectivity index (χ0n) is 21.0. The van der Waals surface area contributed by atoms with Crippen LogP contribution in [0.5, 0.6) is 0 Å². The second-order valence-corrected chi connectivity index (χ2v) is 11.0. The zero-order chi connectivity index (χ0) is 26.9. The van der Waals surface area contributed by atoms with Gasteiger partial charge in [-0.3, -0.25) is 4.79 Å². The molecule has 0 saturated carbocycles. The van der Waals surface area contributed by atoms with Crippen molar-refractivity contribution >= 4 is 21.6 Å². The molecule has 4 aromatic rings. The molecule has 0 spiro atoms. The molecule has 2 heterocycles. The first-order valence-corrected chi connectivity index (χ1v) is 13.6. The van der Waals surface area contributed by atoms with E-state index < -0.39 is 15.9 Å². The van der Waals surface area contributed by atoms with Crippen LogP contribution in [-0.2, 0) is 14.8 Å². The highest BCUT2D eigenvalue weighted by Crippen LogP contribution is 2.28. The zero-order valence-corrected chi connectivity index (χ0v) is 21.8. The predicted octanol–water partition coefficient (Wildman–Crippen LogP) is 4.57. The third-order valence-corrected chi connectivity index (χ3v) is 8.45. The Balaban J connectivity index is 1.50. The Morgan fingerprint density at radius 1 is 0.974 bits per heavy atom. The molecule has 1 amide bonds. The van der Waals surface area contributed by atoms with Gasteiger partial charge in [0.1, 0.15) is 11.5 Å². The van der Waals surface area contributed by atoms with Gasteiger partial charge in [-0.2, -0.15) is 9.40 Å². The number of carbonyl (C=O) groups is 1. The molecule has 0 unspecified atom stereocenters. The summed E-state index contributed by atoms with van der Waals surface area (Å²) in [5, 5.41) is 7.46. The van der Waals surface area contributed by atoms with Crippen LogP contribution in [0.3, 0.4) is 0 Å². The van der Waals surface area contributed by atoms with Crippen LogP contribution >= 0.6 is 0 Å². The molecule has 8 nitrogen and oxygen atoms in total. The fraction of sp³-hybridized carbons (Fsp3) is 0.214. The number of anilines is 1. The number of carbonyl (C=O) groups excluding carboxylic acids is 1. The Kier molecular flexibility index (Phi) is 7.11. The predicted molar refractivity (Wildman–Crippen MR) is 142 cm³/mol. The number of ether oxygens (including phenoxy) is 1. The summed E-state index contributed by atoms with van der Waals surface area (Å²) in [7, 11) is -3.75. The van der Waals surface area contributed by atoms with Gasteiger partial charge in [0.15, 0.2) is 0 Å². The summed E-state index contributed by atoms with van der Waals surface area (Å²) in [4.78, 5) is 13.7. The van der Waals surface area contributed by atoms with Gasteiger partial charge in [-0.05, 0) is 55.8 Å². The third kappa shape index (κ3) is 5.24. The quantitative estimate of drug-likeness (QED) is 0.391. The molecular weight excluding hydrogens is 507 g/mol. The summed E-state index contributed by atoms with van der Waals surface area (Å²) < 4.78 is 48.3. The first-order chi connectivity index (χ1) is 18.2. The molecule has 1 aliphatic heterocycles. The highest BCUT2D eigenvalue weighted by Gasteiger charge is 2.28. The molecule has 0 radical (unpaired) electrons. The normalized spacial score (nSPS) is 14.4. The van der Waals surface area contributed by atoms with Crippen LogP contribution in [0.25, 0.3) is 16.9 Å². The number of nitrogens with zero attached hydrogens (tertiary/aromatic N) is 3. The van der Waals surface area contributed by atoms with Crippen LogP contribution in [0, 0.1) is 19.7 Å². The number of hydrogen-bond donors (Lipinski definition) is 1. The molecule has 3 aromatic carbocycles. The number of aryl methyl sites for hydroxylation is 2. The Morgan fingerprint density at radius 3 is 2.34 bits per heavy atom. The summed E-state index contributed by atoms with van der Waals surface area (Å²) in [5.41, 5.74) is 4.05. The summed E-state index contributed by atoms with van der Waals surface area (Å²) in [6, 6.07) is 18.2. The monoisotopic (exact) mass is 534 g/mol. The summed E-state index contributed by atoms with van der Waals surface area (Å²) in [5.74, 6) is -0.827. The summed E-state index contributed by atoms with van der Waals surface area (Å²) in [6.45, 7) is 4.93. The van der Waals surface area contributed by atoms with Crippen molar-refractivity contribution in [3.8, 4) is 16.9 Å². The molecule has 10 heteroatoms. The number of sulfonamides is 1. The molecule has 0 aliphatic carbocycles. The molecule has 0 atom stereocenters. The highest BCUT2D eigenvalue weighted by molar-refractivity contribution is 7.89. The van der Waals surface area contributed by atoms with Gasteiger partial charge in [0.2, 0.25) is 10.0 Å². The maximum atomic E-state index is 13.5. The van der Waals surface area contributed by atoms with Crippen LogP contribution in [-0.4, -0.2) is 54.7 Å². The molecule has 1 fully saturated rings. The molecule has 196 valence electrons. The fourth-order valence-corrected chi connectivity index (χ4v) is 5.93. The van der Waals surface area contributed by atoms with E-state index in [0.717, 1.165) is 11.1 Å². The second kappa shape index (κ2) is 10.5. The van der Waals surface area contributed by atoms with Gasteiger partial charge in [0, 0.05) is 30.5 Å². The summed E-state index contributed by atoms with van der Waals surface area (Å²) in [6.07, 6.45) is 1.58. The van der Waals surface area contributed by atoms with E-state index in [4.69, 9.17) is 4.74 Å². The van der Waals surface area contributed by atoms with Gasteiger partial charge >= 0.3 is 0 Å². The first kappa shape index (κ1) is 25.8. The fourth-order valence-electron chi connectivity index (χ4n) is 4.27. The average molecular weight is 535 g/mol. The minimum atomic E-state index is -3.75. The van der Waals surface area contributed by atoms with E-state index in [0.29, 0.717) is 35.8 Å². The van der Waals surface area contributed by atoms with Crippen LogP contribution < -0.4 is 5.32 Å². The Labute approximate surface area is 220 Å². The van der Waals surface area contributed by atoms with Gasteiger partial charge in [-0.15, -0.1) is 0 Å². The topological polar surface area (TPSA) is 93.5 Å². The average Bonchev–Trinajstić information content (AvgIpc) is 3.37. The lowest BCUT2D eigenvalue weighted by Gasteiger charge is -2.26. The van der Waals surface area contributed by atoms with Crippen molar-refractivity contribution in [2.75, 3.05) is 31.6 Å². The molecule has 0 bridgehead atoms. The SMILES string of the molecule is Cc1ccc(-c2nn(-c3ccc(F)cc3)cc2C(=O)Nc2ccc(C)c(S(=O)(=O)N3CCOCC3)c2)cc1. The van der Waals surface area contributed by atoms with Crippen LogP contribution in [0.1, 0.15) is 21.5 Å². The molecule has 1 saturated heterocycles. The lowest BCUT2D eigenvalue weighted by Crippen LogP contribution is -2.40. The number of benzene rings is 3. The van der Waals surface area contributed by atoms with Crippen molar-refractivity contribution < 1.29 is 22.3 Å². The highest BCUT2D eigenvalue weighted by atomic mass is 32.2. The molecule has 1 aromatic heterocycles. The van der Waals surface area contributed by atoms with Crippen LogP contribution in [0.2, 0.25) is 0 Å². The maximum absolute atomic E-state index is 13.5. The number of aromatic nitrogens is 2. The Bertz CT molecular complexity index is 1580. The number of morpholine rings is 1. The van der Waals surface area contributed by atoms with Gasteiger partial charge in [0.25, 0.3) is 5.91 Å². The molecule has 5 rings (SSSR count). The minimum Gasteiger partial charge on any atom is -0.379 e. The van der Waals surface area contributed by atoms with Crippen molar-refractivity contribution in [2.24, 2.45) is 0 Å². The van der Waals surface area contributed by atoms with E-state index >= 15 is 0 Å². The standard InChI is InChI=1S/C28H27FN4O4S/c1-19-3-6-21(7-4-19)27-25(18-33(31-27)24-11-8-22(29)9-12-24)28(34)30-23-10-5-20(2)26(17-23)38(35,36)32-13-15-37-16-14-32/h3-12,17-18H,13-16H2,1-2H3,(H,30,34). The van der Waals surface area contributed by atoms with E-state index in [1.54, 1.807) is 37.4 Å². The van der Waals surface area contributed by atoms with Crippen molar-refractivity contribution in [1.82, 2.24) is 14.1 Å². The van der Waals surface area contributed by atoms with Crippen LogP contribution in [0.15, 0.2) is 77.8 Å². The molecule has 1 aliphatic rings. The van der Waals surface area contributed by atoms with Crippen molar-refractivity contribution in [1.29, 1.82) is 0 Å². The molecular formula is C28H27FN4O4S. The number of hydrogen-bond acceptors (Lipinski definition) is 5. The molecule has 1 N–H and O–H groups in total. The number of amides is 1. The van der Waals surface area contributed by atoms with Gasteiger partial charge in [-0.1, -0.05) is 35.9 Å². The van der Waals surface area contributed by atoms with Gasteiger partial charge in [0.05, 0.1) is 29.4 Å². The van der Waals surface area contributed by atoms with E-state index in [-0.39, 0.29) is 29.4 Å². The minimum absolute atomic E-state index is 0.137. The van der Waals surface area contributed by atoms with Crippen molar-refractivity contribution in [3.05, 3.63) is 95.4 Å². The van der Waals surface area contributed by atoms with E-state index in [1.165, 1.54) is 27.2 Å². The Morgan fingerprint density at radius 2 is 1.66 bits per heavy atom. The molecule has 38 heavy (non-hydrogen) atoms. The largest absolute Gasteiger partial charge is 0.379 e. The van der Waals surface area contributed by atoms with Crippen LogP contribution in [0.4, 0.5) is 10.1 Å². The van der Waals surface area contributed by atoms with Crippen molar-refractivity contribution in [2.45, 2.75) is 18.7 Å².